The zero-order chi connectivity index (χ0) is 19.3. The van der Waals surface area contributed by atoms with E-state index in [1.165, 1.54) is 12.4 Å². The topological polar surface area (TPSA) is 130 Å². The van der Waals surface area contributed by atoms with Gasteiger partial charge in [-0.15, -0.1) is 0 Å². The lowest BCUT2D eigenvalue weighted by molar-refractivity contribution is 0.0884. The molecule has 4 rings (SSSR count). The van der Waals surface area contributed by atoms with Gasteiger partial charge < -0.3 is 14.5 Å². The third-order valence-electron chi connectivity index (χ3n) is 4.66. The van der Waals surface area contributed by atoms with Crippen LogP contribution in [0.1, 0.15) is 41.9 Å². The second-order valence-corrected chi connectivity index (χ2v) is 6.53. The monoisotopic (exact) mass is 378 g/mol. The molecule has 3 aromatic rings. The smallest absolute Gasteiger partial charge is 0.272 e. The molecule has 9 nitrogen and oxygen atoms in total. The first-order chi connectivity index (χ1) is 13.7. The van der Waals surface area contributed by atoms with Crippen LogP contribution in [0.15, 0.2) is 41.3 Å². The molecule has 0 radical (unpaired) electrons. The minimum Gasteiger partial charge on any atom is -0.472 e. The van der Waals surface area contributed by atoms with Crippen molar-refractivity contribution in [3.05, 3.63) is 48.2 Å². The van der Waals surface area contributed by atoms with Gasteiger partial charge in [-0.25, -0.2) is 9.97 Å². The number of nitrogens with one attached hydrogen (secondary N) is 2. The molecule has 2 N–H and O–H groups in total. The Balaban J connectivity index is 1.30. The highest BCUT2D eigenvalue weighted by atomic mass is 16.5. The fourth-order valence-electron chi connectivity index (χ4n) is 3.23. The number of aromatic nitrogens is 4. The number of rotatable bonds is 5. The van der Waals surface area contributed by atoms with Crippen LogP contribution in [0.4, 0.5) is 0 Å². The highest BCUT2D eigenvalue weighted by Crippen LogP contribution is 2.24. The van der Waals surface area contributed by atoms with E-state index in [1.807, 2.05) is 6.07 Å². The Morgan fingerprint density at radius 1 is 1.29 bits per heavy atom. The average molecular weight is 378 g/mol. The van der Waals surface area contributed by atoms with Crippen molar-refractivity contribution in [2.75, 3.05) is 0 Å². The zero-order valence-corrected chi connectivity index (χ0v) is 15.0. The Morgan fingerprint density at radius 3 is 2.86 bits per heavy atom. The number of nitrogens with zero attached hydrogens (tertiary/aromatic N) is 4. The van der Waals surface area contributed by atoms with Gasteiger partial charge in [-0.05, 0) is 37.8 Å². The Kier molecular flexibility index (Phi) is 5.01. The van der Waals surface area contributed by atoms with Crippen molar-refractivity contribution < 1.29 is 13.9 Å². The van der Waals surface area contributed by atoms with Crippen LogP contribution in [0.2, 0.25) is 0 Å². The molecule has 1 saturated carbocycles. The van der Waals surface area contributed by atoms with Crippen molar-refractivity contribution in [2.45, 2.75) is 37.8 Å². The molecule has 0 bridgehead atoms. The third kappa shape index (κ3) is 3.86. The summed E-state index contributed by atoms with van der Waals surface area (Å²) in [4.78, 5) is 20.5. The minimum atomic E-state index is -0.223. The zero-order valence-electron chi connectivity index (χ0n) is 15.0. The van der Waals surface area contributed by atoms with Gasteiger partial charge in [0.2, 0.25) is 5.69 Å². The van der Waals surface area contributed by atoms with E-state index in [1.54, 1.807) is 24.5 Å². The highest BCUT2D eigenvalue weighted by Gasteiger charge is 2.26. The molecule has 9 heteroatoms. The molecule has 0 aliphatic heterocycles. The van der Waals surface area contributed by atoms with E-state index >= 15 is 0 Å². The number of hydrogen-bond acceptors (Lipinski definition) is 7. The summed E-state index contributed by atoms with van der Waals surface area (Å²) >= 11 is 0. The van der Waals surface area contributed by atoms with E-state index in [9.17, 15) is 4.79 Å². The first kappa shape index (κ1) is 17.7. The van der Waals surface area contributed by atoms with Gasteiger partial charge in [-0.2, -0.15) is 10.4 Å². The normalized spacial score (nSPS) is 19.0. The minimum absolute atomic E-state index is 0.0482. The Labute approximate surface area is 160 Å². The van der Waals surface area contributed by atoms with Gasteiger partial charge in [-0.1, -0.05) is 0 Å². The summed E-state index contributed by atoms with van der Waals surface area (Å²) in [6, 6.07) is 7.27. The summed E-state index contributed by atoms with van der Waals surface area (Å²) in [5.74, 6) is 0.670. The van der Waals surface area contributed by atoms with Gasteiger partial charge in [0.15, 0.2) is 11.5 Å². The molecule has 0 atom stereocenters. The van der Waals surface area contributed by atoms with Crippen molar-refractivity contribution in [3.63, 3.8) is 0 Å². The molecule has 0 aromatic carbocycles. The molecular weight excluding hydrogens is 360 g/mol. The largest absolute Gasteiger partial charge is 0.472 e. The molecule has 142 valence electrons. The predicted molar refractivity (Wildman–Crippen MR) is 97.2 cm³/mol. The number of H-pyrrole nitrogens is 1. The van der Waals surface area contributed by atoms with E-state index in [0.717, 1.165) is 25.7 Å². The van der Waals surface area contributed by atoms with E-state index in [2.05, 4.69) is 25.5 Å². The Bertz CT molecular complexity index is 983. The molecule has 1 fully saturated rings. The number of aromatic amines is 1. The van der Waals surface area contributed by atoms with Crippen molar-refractivity contribution in [1.29, 1.82) is 5.26 Å². The van der Waals surface area contributed by atoms with Gasteiger partial charge in [0.1, 0.15) is 17.9 Å². The van der Waals surface area contributed by atoms with Crippen LogP contribution in [0.5, 0.6) is 5.88 Å². The van der Waals surface area contributed by atoms with Crippen molar-refractivity contribution in [3.8, 4) is 23.4 Å². The number of nitriles is 1. The Morgan fingerprint density at radius 2 is 2.11 bits per heavy atom. The molecule has 1 amide bonds. The molecule has 1 aliphatic rings. The molecule has 0 spiro atoms. The fourth-order valence-corrected chi connectivity index (χ4v) is 3.23. The van der Waals surface area contributed by atoms with Gasteiger partial charge in [0.05, 0.1) is 6.26 Å². The predicted octanol–water partition coefficient (Wildman–Crippen LogP) is 2.45. The molecule has 3 heterocycles. The number of ether oxygens (including phenoxy) is 1. The number of carbonyl (C=O) groups excluding carboxylic acids is 1. The first-order valence-corrected chi connectivity index (χ1v) is 9.01. The van der Waals surface area contributed by atoms with Crippen molar-refractivity contribution in [2.24, 2.45) is 0 Å². The summed E-state index contributed by atoms with van der Waals surface area (Å²) < 4.78 is 11.1. The SMILES string of the molecule is N#Cc1nccnc1OC1CCC(NC(=O)c2cc(-c3ccco3)[nH]n2)CC1. The van der Waals surface area contributed by atoms with Crippen LogP contribution in [0.3, 0.4) is 0 Å². The number of carbonyl (C=O) groups is 1. The molecular formula is C19H18N6O3. The van der Waals surface area contributed by atoms with Crippen LogP contribution in [0.25, 0.3) is 11.5 Å². The van der Waals surface area contributed by atoms with Crippen LogP contribution in [0, 0.1) is 11.3 Å². The summed E-state index contributed by atoms with van der Waals surface area (Å²) in [6.45, 7) is 0. The van der Waals surface area contributed by atoms with Crippen LogP contribution < -0.4 is 10.1 Å². The maximum absolute atomic E-state index is 12.4. The molecule has 0 unspecified atom stereocenters. The summed E-state index contributed by atoms with van der Waals surface area (Å²) in [5.41, 5.74) is 1.16. The van der Waals surface area contributed by atoms with Gasteiger partial charge in [0.25, 0.3) is 11.8 Å². The second kappa shape index (κ2) is 7.92. The quantitative estimate of drug-likeness (QED) is 0.697. The first-order valence-electron chi connectivity index (χ1n) is 9.01. The maximum atomic E-state index is 12.4. The van der Waals surface area contributed by atoms with E-state index in [-0.39, 0.29) is 29.6 Å². The third-order valence-corrected chi connectivity index (χ3v) is 4.66. The lowest BCUT2D eigenvalue weighted by atomic mass is 9.93. The van der Waals surface area contributed by atoms with Crippen molar-refractivity contribution >= 4 is 5.91 Å². The fraction of sp³-hybridized carbons (Fsp3) is 0.316. The van der Waals surface area contributed by atoms with E-state index < -0.39 is 0 Å². The number of hydrogen-bond donors (Lipinski definition) is 2. The molecule has 28 heavy (non-hydrogen) atoms. The van der Waals surface area contributed by atoms with Gasteiger partial charge >= 0.3 is 0 Å². The molecule has 3 aromatic heterocycles. The number of furan rings is 1. The summed E-state index contributed by atoms with van der Waals surface area (Å²) in [6.07, 6.45) is 7.54. The van der Waals surface area contributed by atoms with Crippen molar-refractivity contribution in [1.82, 2.24) is 25.5 Å². The lowest BCUT2D eigenvalue weighted by Gasteiger charge is -2.29. The van der Waals surface area contributed by atoms with Crippen LogP contribution in [-0.4, -0.2) is 38.2 Å². The average Bonchev–Trinajstić information content (AvgIpc) is 3.42. The van der Waals surface area contributed by atoms with E-state index in [0.29, 0.717) is 17.1 Å². The molecule has 0 saturated heterocycles. The maximum Gasteiger partial charge on any atom is 0.272 e. The Hall–Kier alpha value is -3.67. The summed E-state index contributed by atoms with van der Waals surface area (Å²) in [7, 11) is 0. The van der Waals surface area contributed by atoms with E-state index in [4.69, 9.17) is 14.4 Å². The standard InChI is InChI=1S/C19H18N6O3/c20-11-16-19(22-8-7-21-16)28-13-5-3-12(4-6-13)23-18(26)15-10-14(24-25-15)17-2-1-9-27-17/h1-2,7-10,12-13H,3-6H2,(H,23,26)(H,24,25). The van der Waals surface area contributed by atoms with Gasteiger partial charge in [-0.3, -0.25) is 9.89 Å². The molecule has 1 aliphatic carbocycles. The second-order valence-electron chi connectivity index (χ2n) is 6.53. The highest BCUT2D eigenvalue weighted by molar-refractivity contribution is 5.93. The summed E-state index contributed by atoms with van der Waals surface area (Å²) in [5, 5.41) is 18.9. The lowest BCUT2D eigenvalue weighted by Crippen LogP contribution is -2.40. The van der Waals surface area contributed by atoms with Crippen LogP contribution >= 0.6 is 0 Å². The van der Waals surface area contributed by atoms with Gasteiger partial charge in [0, 0.05) is 24.5 Å². The van der Waals surface area contributed by atoms with Crippen LogP contribution in [-0.2, 0) is 0 Å². The number of amides is 1.